The summed E-state index contributed by atoms with van der Waals surface area (Å²) in [6, 6.07) is 9.76. The molecule has 0 fully saturated rings. The molecule has 0 aliphatic rings. The second kappa shape index (κ2) is 10.00. The number of amides is 1. The molecular weight excluding hydrogens is 406 g/mol. The molecule has 0 aliphatic heterocycles. The van der Waals surface area contributed by atoms with Crippen LogP contribution in [-0.2, 0) is 11.2 Å². The van der Waals surface area contributed by atoms with E-state index in [1.807, 2.05) is 51.1 Å². The smallest absolute Gasteiger partial charge is 0.221 e. The van der Waals surface area contributed by atoms with Gasteiger partial charge in [0.05, 0.1) is 24.5 Å². The van der Waals surface area contributed by atoms with Gasteiger partial charge in [0.1, 0.15) is 17.3 Å². The van der Waals surface area contributed by atoms with Gasteiger partial charge in [-0.05, 0) is 44.0 Å². The molecule has 0 unspecified atom stereocenters. The Balaban J connectivity index is 2.18. The van der Waals surface area contributed by atoms with Crippen LogP contribution in [0.25, 0.3) is 11.1 Å². The minimum atomic E-state index is -0.146. The molecular formula is C24H29N5O3. The Labute approximate surface area is 188 Å². The van der Waals surface area contributed by atoms with Crippen LogP contribution in [0.2, 0.25) is 0 Å². The van der Waals surface area contributed by atoms with E-state index in [2.05, 4.69) is 15.3 Å². The van der Waals surface area contributed by atoms with E-state index in [-0.39, 0.29) is 11.9 Å². The van der Waals surface area contributed by atoms with Crippen LogP contribution in [0.3, 0.4) is 0 Å². The summed E-state index contributed by atoms with van der Waals surface area (Å²) in [4.78, 5) is 20.0. The van der Waals surface area contributed by atoms with E-state index in [1.165, 1.54) is 6.92 Å². The van der Waals surface area contributed by atoms with Gasteiger partial charge in [-0.3, -0.25) is 4.79 Å². The van der Waals surface area contributed by atoms with Gasteiger partial charge in [-0.2, -0.15) is 4.98 Å². The van der Waals surface area contributed by atoms with Crippen LogP contribution < -0.4 is 26.3 Å². The minimum Gasteiger partial charge on any atom is -0.493 e. The van der Waals surface area contributed by atoms with Gasteiger partial charge in [0, 0.05) is 30.7 Å². The molecule has 3 rings (SSSR count). The quantitative estimate of drug-likeness (QED) is 0.489. The summed E-state index contributed by atoms with van der Waals surface area (Å²) in [6.45, 7) is 8.23. The first kappa shape index (κ1) is 22.9. The lowest BCUT2D eigenvalue weighted by Crippen LogP contribution is -2.10. The average molecular weight is 436 g/mol. The molecule has 168 valence electrons. The van der Waals surface area contributed by atoms with Crippen LogP contribution in [0.4, 0.5) is 17.5 Å². The van der Waals surface area contributed by atoms with Crippen LogP contribution in [0.5, 0.6) is 11.5 Å². The Morgan fingerprint density at radius 1 is 1.09 bits per heavy atom. The van der Waals surface area contributed by atoms with Gasteiger partial charge in [0.2, 0.25) is 11.9 Å². The Bertz CT molecular complexity index is 1100. The number of benzene rings is 2. The van der Waals surface area contributed by atoms with Crippen molar-refractivity contribution in [2.45, 2.75) is 34.1 Å². The number of hydrogen-bond acceptors (Lipinski definition) is 7. The van der Waals surface area contributed by atoms with Crippen molar-refractivity contribution in [1.82, 2.24) is 9.97 Å². The largest absolute Gasteiger partial charge is 0.493 e. The maximum absolute atomic E-state index is 11.9. The van der Waals surface area contributed by atoms with Crippen LogP contribution in [0.1, 0.15) is 37.5 Å². The van der Waals surface area contributed by atoms with Crippen molar-refractivity contribution in [3.05, 3.63) is 53.2 Å². The van der Waals surface area contributed by atoms with Crippen molar-refractivity contribution in [1.29, 1.82) is 0 Å². The Morgan fingerprint density at radius 2 is 1.75 bits per heavy atom. The van der Waals surface area contributed by atoms with Crippen molar-refractivity contribution in [3.63, 3.8) is 0 Å². The highest BCUT2D eigenvalue weighted by Gasteiger charge is 2.20. The fourth-order valence-electron chi connectivity index (χ4n) is 3.56. The predicted octanol–water partition coefficient (Wildman–Crippen LogP) is 3.96. The molecule has 1 aromatic heterocycles. The molecule has 1 heterocycles. The van der Waals surface area contributed by atoms with Gasteiger partial charge in [-0.25, -0.2) is 4.98 Å². The summed E-state index contributed by atoms with van der Waals surface area (Å²) >= 11 is 0. The molecule has 5 N–H and O–H groups in total. The van der Waals surface area contributed by atoms with Gasteiger partial charge in [-0.1, -0.05) is 18.2 Å². The lowest BCUT2D eigenvalue weighted by Gasteiger charge is -2.21. The molecule has 2 aromatic carbocycles. The van der Waals surface area contributed by atoms with Crippen LogP contribution in [0, 0.1) is 6.92 Å². The van der Waals surface area contributed by atoms with E-state index >= 15 is 0 Å². The number of hydrogen-bond donors (Lipinski definition) is 3. The molecule has 8 heteroatoms. The summed E-state index contributed by atoms with van der Waals surface area (Å²) in [6.07, 6.45) is 2.11. The summed E-state index contributed by atoms with van der Waals surface area (Å²) in [5.74, 6) is 1.63. The number of aryl methyl sites for hydroxylation is 1. The fourth-order valence-corrected chi connectivity index (χ4v) is 3.56. The molecule has 0 radical (unpaired) electrons. The van der Waals surface area contributed by atoms with Crippen LogP contribution in [-0.4, -0.2) is 29.1 Å². The number of anilines is 3. The maximum atomic E-state index is 11.9. The second-order valence-corrected chi connectivity index (χ2v) is 7.33. The monoisotopic (exact) mass is 435 g/mol. The molecule has 0 bridgehead atoms. The first-order chi connectivity index (χ1) is 15.3. The topological polar surface area (TPSA) is 125 Å². The molecule has 0 saturated heterocycles. The molecule has 3 aromatic rings. The first-order valence-corrected chi connectivity index (χ1v) is 10.5. The van der Waals surface area contributed by atoms with Gasteiger partial charge in [0.25, 0.3) is 0 Å². The van der Waals surface area contributed by atoms with Crippen molar-refractivity contribution in [2.24, 2.45) is 0 Å². The number of nitrogen functional groups attached to an aromatic ring is 2. The summed E-state index contributed by atoms with van der Waals surface area (Å²) in [5, 5.41) is 2.95. The minimum absolute atomic E-state index is 0.136. The van der Waals surface area contributed by atoms with Gasteiger partial charge < -0.3 is 26.3 Å². The van der Waals surface area contributed by atoms with E-state index < -0.39 is 0 Å². The van der Waals surface area contributed by atoms with Crippen molar-refractivity contribution >= 4 is 23.4 Å². The third-order valence-corrected chi connectivity index (χ3v) is 4.88. The third kappa shape index (κ3) is 5.08. The number of carbonyl (C=O) groups is 1. The standard InChI is InChI=1S/C24H29N5O3/c1-5-31-19-11-16(10-17-13-27-24(26)29-23(17)25)12-20(32-6-2)21(19)18-9-7-8-14(3)22(18)28-15(4)30/h7-9,11-13H,5-6,10H2,1-4H3,(H,28,30)(H4,25,26,27,29). The Morgan fingerprint density at radius 3 is 2.31 bits per heavy atom. The first-order valence-electron chi connectivity index (χ1n) is 10.5. The summed E-state index contributed by atoms with van der Waals surface area (Å²) in [5.41, 5.74) is 16.6. The fraction of sp³-hybridized carbons (Fsp3) is 0.292. The normalized spacial score (nSPS) is 10.6. The maximum Gasteiger partial charge on any atom is 0.221 e. The van der Waals surface area contributed by atoms with Gasteiger partial charge >= 0.3 is 0 Å². The zero-order valence-corrected chi connectivity index (χ0v) is 18.9. The number of nitrogens with one attached hydrogen (secondary N) is 1. The highest BCUT2D eigenvalue weighted by molar-refractivity contribution is 5.97. The van der Waals surface area contributed by atoms with Crippen LogP contribution >= 0.6 is 0 Å². The highest BCUT2D eigenvalue weighted by Crippen LogP contribution is 2.44. The molecule has 8 nitrogen and oxygen atoms in total. The number of aromatic nitrogens is 2. The number of nitrogens with two attached hydrogens (primary N) is 2. The number of nitrogens with zero attached hydrogens (tertiary/aromatic N) is 2. The van der Waals surface area contributed by atoms with E-state index in [4.69, 9.17) is 20.9 Å². The van der Waals surface area contributed by atoms with E-state index in [0.29, 0.717) is 37.0 Å². The zero-order chi connectivity index (χ0) is 23.3. The number of ether oxygens (including phenoxy) is 2. The highest BCUT2D eigenvalue weighted by atomic mass is 16.5. The number of rotatable bonds is 8. The van der Waals surface area contributed by atoms with Crippen molar-refractivity contribution < 1.29 is 14.3 Å². The SMILES string of the molecule is CCOc1cc(Cc2cnc(N)nc2N)cc(OCC)c1-c1cccc(C)c1NC(C)=O. The average Bonchev–Trinajstić information content (AvgIpc) is 2.72. The number of carbonyl (C=O) groups excluding carboxylic acids is 1. The molecule has 1 amide bonds. The molecule has 32 heavy (non-hydrogen) atoms. The van der Waals surface area contributed by atoms with Gasteiger partial charge in [-0.15, -0.1) is 0 Å². The Hall–Kier alpha value is -3.81. The lowest BCUT2D eigenvalue weighted by molar-refractivity contribution is -0.114. The molecule has 0 spiro atoms. The summed E-state index contributed by atoms with van der Waals surface area (Å²) in [7, 11) is 0. The number of para-hydroxylation sites is 1. The zero-order valence-electron chi connectivity index (χ0n) is 18.9. The summed E-state index contributed by atoms with van der Waals surface area (Å²) < 4.78 is 12.1. The predicted molar refractivity (Wildman–Crippen MR) is 127 cm³/mol. The van der Waals surface area contributed by atoms with E-state index in [1.54, 1.807) is 6.20 Å². The lowest BCUT2D eigenvalue weighted by atomic mass is 9.95. The molecule has 0 aliphatic carbocycles. The Kier molecular flexibility index (Phi) is 7.14. The van der Waals surface area contributed by atoms with Crippen molar-refractivity contribution in [2.75, 3.05) is 30.0 Å². The van der Waals surface area contributed by atoms with Crippen molar-refractivity contribution in [3.8, 4) is 22.6 Å². The molecule has 0 saturated carbocycles. The third-order valence-electron chi connectivity index (χ3n) is 4.88. The van der Waals surface area contributed by atoms with Gasteiger partial charge in [0.15, 0.2) is 0 Å². The molecule has 0 atom stereocenters. The van der Waals surface area contributed by atoms with E-state index in [9.17, 15) is 4.79 Å². The second-order valence-electron chi connectivity index (χ2n) is 7.33. The van der Waals surface area contributed by atoms with E-state index in [0.717, 1.165) is 33.5 Å². The van der Waals surface area contributed by atoms with Crippen LogP contribution in [0.15, 0.2) is 36.5 Å².